The lowest BCUT2D eigenvalue weighted by Gasteiger charge is -2.23. The van der Waals surface area contributed by atoms with Crippen LogP contribution in [0.15, 0.2) is 42.5 Å². The molecular formula is C20H22N3O3-. The van der Waals surface area contributed by atoms with Gasteiger partial charge in [0.25, 0.3) is 0 Å². The molecule has 6 heteroatoms. The molecule has 0 bridgehead atoms. The molecular weight excluding hydrogens is 330 g/mol. The Hall–Kier alpha value is -3.20. The van der Waals surface area contributed by atoms with Crippen molar-refractivity contribution in [1.29, 1.82) is 5.26 Å². The highest BCUT2D eigenvalue weighted by atomic mass is 16.5. The number of nitrogens with one attached hydrogen (secondary N) is 2. The van der Waals surface area contributed by atoms with E-state index in [0.29, 0.717) is 29.2 Å². The van der Waals surface area contributed by atoms with E-state index in [-0.39, 0.29) is 6.04 Å². The summed E-state index contributed by atoms with van der Waals surface area (Å²) in [5, 5.41) is 26.7. The summed E-state index contributed by atoms with van der Waals surface area (Å²) in [6.07, 6.45) is 0. The van der Waals surface area contributed by atoms with Crippen LogP contribution in [0.25, 0.3) is 0 Å². The Morgan fingerprint density at radius 2 is 1.88 bits per heavy atom. The van der Waals surface area contributed by atoms with E-state index in [1.165, 1.54) is 0 Å². The SMILES string of the molecule is CCOc1cc(C(Nc2ccc(C#N)cc2)C(=O)[O-])ccc1NC(C)C. The molecule has 2 aromatic carbocycles. The van der Waals surface area contributed by atoms with Gasteiger partial charge >= 0.3 is 0 Å². The lowest BCUT2D eigenvalue weighted by atomic mass is 10.0. The van der Waals surface area contributed by atoms with E-state index in [1.807, 2.05) is 26.8 Å². The minimum Gasteiger partial charge on any atom is -0.548 e. The Labute approximate surface area is 153 Å². The van der Waals surface area contributed by atoms with Crippen LogP contribution in [0.3, 0.4) is 0 Å². The number of hydrogen-bond donors (Lipinski definition) is 2. The van der Waals surface area contributed by atoms with Crippen LogP contribution >= 0.6 is 0 Å². The minimum atomic E-state index is -1.25. The van der Waals surface area contributed by atoms with Crippen molar-refractivity contribution in [1.82, 2.24) is 0 Å². The van der Waals surface area contributed by atoms with Crippen molar-refractivity contribution in [3.8, 4) is 11.8 Å². The van der Waals surface area contributed by atoms with Gasteiger partial charge in [-0.2, -0.15) is 5.26 Å². The second-order valence-electron chi connectivity index (χ2n) is 6.07. The molecule has 0 aliphatic heterocycles. The molecule has 0 fully saturated rings. The molecule has 0 spiro atoms. The third kappa shape index (κ3) is 4.90. The maximum Gasteiger partial charge on any atom is 0.142 e. The van der Waals surface area contributed by atoms with Crippen molar-refractivity contribution in [2.24, 2.45) is 0 Å². The number of carbonyl (C=O) groups excluding carboxylic acids is 1. The zero-order valence-corrected chi connectivity index (χ0v) is 15.1. The van der Waals surface area contributed by atoms with Crippen molar-refractivity contribution >= 4 is 17.3 Å². The van der Waals surface area contributed by atoms with E-state index < -0.39 is 12.0 Å². The molecule has 0 amide bonds. The smallest absolute Gasteiger partial charge is 0.142 e. The quantitative estimate of drug-likeness (QED) is 0.758. The van der Waals surface area contributed by atoms with Crippen LogP contribution in [-0.2, 0) is 4.79 Å². The van der Waals surface area contributed by atoms with Gasteiger partial charge in [-0.05, 0) is 62.7 Å². The van der Waals surface area contributed by atoms with Crippen molar-refractivity contribution < 1.29 is 14.6 Å². The highest BCUT2D eigenvalue weighted by Crippen LogP contribution is 2.30. The van der Waals surface area contributed by atoms with E-state index in [4.69, 9.17) is 10.00 Å². The molecule has 0 saturated heterocycles. The van der Waals surface area contributed by atoms with Gasteiger partial charge in [-0.3, -0.25) is 0 Å². The first-order valence-electron chi connectivity index (χ1n) is 8.45. The summed E-state index contributed by atoms with van der Waals surface area (Å²) in [5.74, 6) is -0.659. The molecule has 0 heterocycles. The third-order valence-electron chi connectivity index (χ3n) is 3.64. The number of aliphatic carboxylic acids is 1. The zero-order chi connectivity index (χ0) is 19.1. The zero-order valence-electron chi connectivity index (χ0n) is 15.1. The number of carbonyl (C=O) groups is 1. The van der Waals surface area contributed by atoms with E-state index in [1.54, 1.807) is 42.5 Å². The van der Waals surface area contributed by atoms with Crippen molar-refractivity contribution in [2.45, 2.75) is 32.9 Å². The summed E-state index contributed by atoms with van der Waals surface area (Å²) >= 11 is 0. The Balaban J connectivity index is 2.32. The molecule has 0 aromatic heterocycles. The van der Waals surface area contributed by atoms with Gasteiger partial charge < -0.3 is 25.3 Å². The van der Waals surface area contributed by atoms with Crippen LogP contribution in [0.2, 0.25) is 0 Å². The first-order valence-corrected chi connectivity index (χ1v) is 8.45. The van der Waals surface area contributed by atoms with Crippen molar-refractivity contribution in [3.63, 3.8) is 0 Å². The Kier molecular flexibility index (Phi) is 6.45. The van der Waals surface area contributed by atoms with Gasteiger partial charge in [-0.25, -0.2) is 0 Å². The summed E-state index contributed by atoms with van der Waals surface area (Å²) in [7, 11) is 0. The maximum atomic E-state index is 11.7. The number of rotatable bonds is 8. The molecule has 0 aliphatic rings. The summed E-state index contributed by atoms with van der Waals surface area (Å²) in [6.45, 7) is 6.37. The Morgan fingerprint density at radius 3 is 2.42 bits per heavy atom. The van der Waals surface area contributed by atoms with Crippen LogP contribution in [0.5, 0.6) is 5.75 Å². The molecule has 0 aliphatic carbocycles. The van der Waals surface area contributed by atoms with Crippen LogP contribution < -0.4 is 20.5 Å². The Morgan fingerprint density at radius 1 is 1.19 bits per heavy atom. The van der Waals surface area contributed by atoms with Gasteiger partial charge in [-0.1, -0.05) is 6.07 Å². The predicted octanol–water partition coefficient (Wildman–Crippen LogP) is 2.68. The second kappa shape index (κ2) is 8.77. The molecule has 6 nitrogen and oxygen atoms in total. The number of hydrogen-bond acceptors (Lipinski definition) is 6. The van der Waals surface area contributed by atoms with E-state index in [2.05, 4.69) is 10.6 Å². The summed E-state index contributed by atoms with van der Waals surface area (Å²) < 4.78 is 5.65. The van der Waals surface area contributed by atoms with Crippen LogP contribution in [-0.4, -0.2) is 18.6 Å². The van der Waals surface area contributed by atoms with Crippen LogP contribution in [0.4, 0.5) is 11.4 Å². The van der Waals surface area contributed by atoms with Crippen molar-refractivity contribution in [3.05, 3.63) is 53.6 Å². The fraction of sp³-hybridized carbons (Fsp3) is 0.300. The monoisotopic (exact) mass is 352 g/mol. The van der Waals surface area contributed by atoms with Crippen LogP contribution in [0.1, 0.15) is 37.9 Å². The number of carboxylic acid groups (broad SMARTS) is 1. The topological polar surface area (TPSA) is 97.2 Å². The molecule has 1 atom stereocenters. The minimum absolute atomic E-state index is 0.216. The van der Waals surface area contributed by atoms with Gasteiger partial charge in [0.1, 0.15) is 5.75 Å². The van der Waals surface area contributed by atoms with E-state index in [0.717, 1.165) is 5.69 Å². The van der Waals surface area contributed by atoms with Gasteiger partial charge in [0.2, 0.25) is 0 Å². The number of ether oxygens (including phenoxy) is 1. The molecule has 136 valence electrons. The number of carboxylic acids is 1. The molecule has 0 radical (unpaired) electrons. The van der Waals surface area contributed by atoms with Gasteiger partial charge in [0.15, 0.2) is 0 Å². The molecule has 2 rings (SSSR count). The molecule has 26 heavy (non-hydrogen) atoms. The average molecular weight is 352 g/mol. The van der Waals surface area contributed by atoms with E-state index in [9.17, 15) is 9.90 Å². The number of nitrogens with zero attached hydrogens (tertiary/aromatic N) is 1. The average Bonchev–Trinajstić information content (AvgIpc) is 2.61. The third-order valence-corrected chi connectivity index (χ3v) is 3.64. The fourth-order valence-electron chi connectivity index (χ4n) is 2.51. The summed E-state index contributed by atoms with van der Waals surface area (Å²) in [6, 6.07) is 13.0. The molecule has 2 N–H and O–H groups in total. The molecule has 2 aromatic rings. The molecule has 1 unspecified atom stereocenters. The van der Waals surface area contributed by atoms with Gasteiger partial charge in [0, 0.05) is 11.7 Å². The highest BCUT2D eigenvalue weighted by molar-refractivity contribution is 5.78. The lowest BCUT2D eigenvalue weighted by molar-refractivity contribution is -0.307. The largest absolute Gasteiger partial charge is 0.548 e. The second-order valence-corrected chi connectivity index (χ2v) is 6.07. The first-order chi connectivity index (χ1) is 12.4. The van der Waals surface area contributed by atoms with Crippen molar-refractivity contribution in [2.75, 3.05) is 17.2 Å². The van der Waals surface area contributed by atoms with E-state index >= 15 is 0 Å². The van der Waals surface area contributed by atoms with Gasteiger partial charge in [-0.15, -0.1) is 0 Å². The standard InChI is InChI=1S/C20H23N3O3/c1-4-26-18-11-15(7-10-17(18)22-13(2)3)19(20(24)25)23-16-8-5-14(12-21)6-9-16/h5-11,13,19,22-23H,4H2,1-3H3,(H,24,25)/p-1. The lowest BCUT2D eigenvalue weighted by Crippen LogP contribution is -2.34. The highest BCUT2D eigenvalue weighted by Gasteiger charge is 2.16. The normalized spacial score (nSPS) is 11.5. The summed E-state index contributed by atoms with van der Waals surface area (Å²) in [4.78, 5) is 11.7. The summed E-state index contributed by atoms with van der Waals surface area (Å²) in [5.41, 5.74) is 2.41. The first kappa shape index (κ1) is 19.1. The molecule has 0 saturated carbocycles. The maximum absolute atomic E-state index is 11.7. The Bertz CT molecular complexity index is 795. The number of nitriles is 1. The number of anilines is 2. The predicted molar refractivity (Wildman–Crippen MR) is 98.9 cm³/mol. The number of benzene rings is 2. The van der Waals surface area contributed by atoms with Crippen LogP contribution in [0, 0.1) is 11.3 Å². The fourth-order valence-corrected chi connectivity index (χ4v) is 2.51. The van der Waals surface area contributed by atoms with Gasteiger partial charge in [0.05, 0.1) is 35.9 Å².